The molecular formula is C16H29N3. The van der Waals surface area contributed by atoms with Crippen LogP contribution >= 0.6 is 0 Å². The molecule has 2 N–H and O–H groups in total. The first kappa shape index (κ1) is 16.2. The van der Waals surface area contributed by atoms with Crippen molar-refractivity contribution < 1.29 is 0 Å². The molecule has 19 heavy (non-hydrogen) atoms. The predicted molar refractivity (Wildman–Crippen MR) is 83.4 cm³/mol. The molecule has 1 atom stereocenters. The van der Waals surface area contributed by atoms with Gasteiger partial charge in [-0.15, -0.1) is 0 Å². The third-order valence-electron chi connectivity index (χ3n) is 3.45. The Morgan fingerprint density at radius 2 is 1.74 bits per heavy atom. The first-order chi connectivity index (χ1) is 9.17. The number of rotatable bonds is 9. The van der Waals surface area contributed by atoms with Crippen molar-refractivity contribution >= 4 is 0 Å². The molecule has 108 valence electrons. The molecule has 0 amide bonds. The van der Waals surface area contributed by atoms with Crippen molar-refractivity contribution in [2.24, 2.45) is 5.73 Å². The lowest BCUT2D eigenvalue weighted by Gasteiger charge is -2.31. The second-order valence-corrected chi connectivity index (χ2v) is 5.42. The van der Waals surface area contributed by atoms with Crippen LogP contribution in [0.3, 0.4) is 0 Å². The van der Waals surface area contributed by atoms with Crippen LogP contribution in [0.5, 0.6) is 0 Å². The second-order valence-electron chi connectivity index (χ2n) is 5.42. The molecule has 3 heteroatoms. The fraction of sp³-hybridized carbons (Fsp3) is 0.625. The summed E-state index contributed by atoms with van der Waals surface area (Å²) in [6.07, 6.45) is 2.23. The van der Waals surface area contributed by atoms with Crippen LogP contribution in [-0.4, -0.2) is 56.1 Å². The number of nitrogens with zero attached hydrogens (tertiary/aromatic N) is 2. The maximum atomic E-state index is 6.00. The third kappa shape index (κ3) is 6.19. The topological polar surface area (TPSA) is 32.5 Å². The lowest BCUT2D eigenvalue weighted by atomic mass is 10.0. The van der Waals surface area contributed by atoms with E-state index < -0.39 is 0 Å². The van der Waals surface area contributed by atoms with Crippen LogP contribution in [0.15, 0.2) is 30.3 Å². The van der Waals surface area contributed by atoms with Gasteiger partial charge in [-0.1, -0.05) is 37.3 Å². The fourth-order valence-corrected chi connectivity index (χ4v) is 2.34. The van der Waals surface area contributed by atoms with Crippen LogP contribution in [0.4, 0.5) is 0 Å². The van der Waals surface area contributed by atoms with E-state index in [-0.39, 0.29) is 0 Å². The summed E-state index contributed by atoms with van der Waals surface area (Å²) >= 11 is 0. The molecule has 0 spiro atoms. The van der Waals surface area contributed by atoms with Gasteiger partial charge in [-0.2, -0.15) is 0 Å². The van der Waals surface area contributed by atoms with Gasteiger partial charge in [0.2, 0.25) is 0 Å². The maximum absolute atomic E-state index is 6.00. The van der Waals surface area contributed by atoms with Gasteiger partial charge in [0, 0.05) is 25.7 Å². The van der Waals surface area contributed by atoms with Gasteiger partial charge in [0.1, 0.15) is 0 Å². The van der Waals surface area contributed by atoms with E-state index in [0.717, 1.165) is 32.6 Å². The highest BCUT2D eigenvalue weighted by molar-refractivity contribution is 5.16. The lowest BCUT2D eigenvalue weighted by molar-refractivity contribution is 0.180. The van der Waals surface area contributed by atoms with Crippen LogP contribution in [-0.2, 0) is 6.42 Å². The highest BCUT2D eigenvalue weighted by Crippen LogP contribution is 2.09. The molecule has 1 aromatic rings. The summed E-state index contributed by atoms with van der Waals surface area (Å²) in [7, 11) is 4.25. The maximum Gasteiger partial charge on any atom is 0.0259 e. The largest absolute Gasteiger partial charge is 0.329 e. The fourth-order valence-electron chi connectivity index (χ4n) is 2.34. The Hall–Kier alpha value is -0.900. The zero-order valence-electron chi connectivity index (χ0n) is 12.7. The van der Waals surface area contributed by atoms with E-state index in [2.05, 4.69) is 61.2 Å². The zero-order chi connectivity index (χ0) is 14.1. The average Bonchev–Trinajstić information content (AvgIpc) is 2.42. The highest BCUT2D eigenvalue weighted by atomic mass is 15.2. The predicted octanol–water partition coefficient (Wildman–Crippen LogP) is 1.83. The summed E-state index contributed by atoms with van der Waals surface area (Å²) in [4.78, 5) is 4.77. The van der Waals surface area contributed by atoms with E-state index >= 15 is 0 Å². The monoisotopic (exact) mass is 263 g/mol. The molecule has 0 aliphatic carbocycles. The quantitative estimate of drug-likeness (QED) is 0.738. The molecular weight excluding hydrogens is 234 g/mol. The number of benzene rings is 1. The molecule has 0 saturated heterocycles. The van der Waals surface area contributed by atoms with E-state index in [1.807, 2.05) is 0 Å². The van der Waals surface area contributed by atoms with Gasteiger partial charge in [0.25, 0.3) is 0 Å². The van der Waals surface area contributed by atoms with Crippen molar-refractivity contribution in [3.8, 4) is 0 Å². The summed E-state index contributed by atoms with van der Waals surface area (Å²) in [5.74, 6) is 0. The van der Waals surface area contributed by atoms with E-state index in [4.69, 9.17) is 5.73 Å². The van der Waals surface area contributed by atoms with Gasteiger partial charge in [-0.3, -0.25) is 4.90 Å². The number of hydrogen-bond acceptors (Lipinski definition) is 3. The highest BCUT2D eigenvalue weighted by Gasteiger charge is 2.16. The van der Waals surface area contributed by atoms with Gasteiger partial charge >= 0.3 is 0 Å². The molecule has 1 unspecified atom stereocenters. The number of likely N-dealkylation sites (N-methyl/N-ethyl adjacent to an activating group) is 1. The SMILES string of the molecule is CCCN(CCN(C)C)C(CN)Cc1ccccc1. The minimum absolute atomic E-state index is 0.447. The Morgan fingerprint density at radius 1 is 1.05 bits per heavy atom. The standard InChI is InChI=1S/C16H29N3/c1-4-10-19(12-11-18(2)3)16(14-17)13-15-8-6-5-7-9-15/h5-9,16H,4,10-14,17H2,1-3H3. The van der Waals surface area contributed by atoms with Crippen LogP contribution in [0, 0.1) is 0 Å². The molecule has 3 nitrogen and oxygen atoms in total. The second kappa shape index (κ2) is 9.08. The molecule has 0 aliphatic rings. The molecule has 1 aromatic carbocycles. The van der Waals surface area contributed by atoms with Crippen molar-refractivity contribution in [2.75, 3.05) is 40.3 Å². The normalized spacial score (nSPS) is 13.2. The summed E-state index contributed by atoms with van der Waals surface area (Å²) in [6, 6.07) is 11.1. The lowest BCUT2D eigenvalue weighted by Crippen LogP contribution is -2.45. The van der Waals surface area contributed by atoms with Gasteiger partial charge in [-0.25, -0.2) is 0 Å². The Kier molecular flexibility index (Phi) is 7.72. The minimum atomic E-state index is 0.447. The van der Waals surface area contributed by atoms with E-state index in [1.165, 1.54) is 12.0 Å². The van der Waals surface area contributed by atoms with Gasteiger partial charge < -0.3 is 10.6 Å². The molecule has 0 saturated carbocycles. The molecule has 0 aliphatic heterocycles. The minimum Gasteiger partial charge on any atom is -0.329 e. The Morgan fingerprint density at radius 3 is 2.26 bits per heavy atom. The van der Waals surface area contributed by atoms with E-state index in [9.17, 15) is 0 Å². The third-order valence-corrected chi connectivity index (χ3v) is 3.45. The summed E-state index contributed by atoms with van der Waals surface area (Å²) in [5, 5.41) is 0. The molecule has 0 radical (unpaired) electrons. The molecule has 0 bridgehead atoms. The number of hydrogen-bond donors (Lipinski definition) is 1. The van der Waals surface area contributed by atoms with Crippen LogP contribution in [0.1, 0.15) is 18.9 Å². The van der Waals surface area contributed by atoms with E-state index in [1.54, 1.807) is 0 Å². The molecule has 0 fully saturated rings. The van der Waals surface area contributed by atoms with E-state index in [0.29, 0.717) is 6.04 Å². The molecule has 1 rings (SSSR count). The van der Waals surface area contributed by atoms with Crippen molar-refractivity contribution in [3.63, 3.8) is 0 Å². The molecule has 0 heterocycles. The zero-order valence-corrected chi connectivity index (χ0v) is 12.7. The van der Waals surface area contributed by atoms with Crippen molar-refractivity contribution in [3.05, 3.63) is 35.9 Å². The average molecular weight is 263 g/mol. The number of nitrogens with two attached hydrogens (primary N) is 1. The Bertz CT molecular complexity index is 324. The summed E-state index contributed by atoms with van der Waals surface area (Å²) < 4.78 is 0. The smallest absolute Gasteiger partial charge is 0.0259 e. The van der Waals surface area contributed by atoms with Crippen LogP contribution in [0.25, 0.3) is 0 Å². The van der Waals surface area contributed by atoms with Crippen LogP contribution < -0.4 is 5.73 Å². The first-order valence-corrected chi connectivity index (χ1v) is 7.30. The van der Waals surface area contributed by atoms with Gasteiger partial charge in [-0.05, 0) is 39.0 Å². The Labute approximate surface area is 118 Å². The summed E-state index contributed by atoms with van der Waals surface area (Å²) in [5.41, 5.74) is 7.38. The summed E-state index contributed by atoms with van der Waals surface area (Å²) in [6.45, 7) is 6.27. The van der Waals surface area contributed by atoms with Crippen molar-refractivity contribution in [1.29, 1.82) is 0 Å². The Balaban J connectivity index is 2.61. The van der Waals surface area contributed by atoms with Gasteiger partial charge in [0.05, 0.1) is 0 Å². The van der Waals surface area contributed by atoms with Crippen molar-refractivity contribution in [2.45, 2.75) is 25.8 Å². The first-order valence-electron chi connectivity index (χ1n) is 7.30. The molecule has 0 aromatic heterocycles. The van der Waals surface area contributed by atoms with Gasteiger partial charge in [0.15, 0.2) is 0 Å². The van der Waals surface area contributed by atoms with Crippen molar-refractivity contribution in [1.82, 2.24) is 9.80 Å². The van der Waals surface area contributed by atoms with Crippen LogP contribution in [0.2, 0.25) is 0 Å².